The fourth-order valence-corrected chi connectivity index (χ4v) is 2.71. The Morgan fingerprint density at radius 2 is 1.94 bits per heavy atom. The highest BCUT2D eigenvalue weighted by atomic mass is 32.1. The molecule has 96 valence electrons. The van der Waals surface area contributed by atoms with Crippen molar-refractivity contribution in [3.05, 3.63) is 40.2 Å². The first-order valence-corrected chi connectivity index (χ1v) is 7.40. The highest BCUT2D eigenvalue weighted by Gasteiger charge is 2.07. The molecule has 18 heavy (non-hydrogen) atoms. The molecule has 1 aromatic heterocycles. The molecule has 2 aromatic rings. The van der Waals surface area contributed by atoms with E-state index >= 15 is 0 Å². The summed E-state index contributed by atoms with van der Waals surface area (Å²) in [6.45, 7) is 4.28. The molecule has 0 spiro atoms. The Kier molecular flexibility index (Phi) is 4.50. The van der Waals surface area contributed by atoms with E-state index in [1.54, 1.807) is 11.3 Å². The van der Waals surface area contributed by atoms with Crippen LogP contribution >= 0.6 is 11.3 Å². The lowest BCUT2D eigenvalue weighted by atomic mass is 10.1. The summed E-state index contributed by atoms with van der Waals surface area (Å²) < 4.78 is 0. The van der Waals surface area contributed by atoms with Gasteiger partial charge >= 0.3 is 0 Å². The molecule has 1 heterocycles. The van der Waals surface area contributed by atoms with Crippen LogP contribution in [0.1, 0.15) is 30.8 Å². The minimum absolute atomic E-state index is 0.228. The lowest BCUT2D eigenvalue weighted by Gasteiger charge is -2.04. The van der Waals surface area contributed by atoms with Crippen LogP contribution in [-0.2, 0) is 12.8 Å². The fourth-order valence-electron chi connectivity index (χ4n) is 1.82. The molecule has 2 nitrogen and oxygen atoms in total. The van der Waals surface area contributed by atoms with Gasteiger partial charge in [-0.1, -0.05) is 38.1 Å². The Morgan fingerprint density at radius 1 is 1.22 bits per heavy atom. The van der Waals surface area contributed by atoms with Gasteiger partial charge in [0, 0.05) is 23.4 Å². The summed E-state index contributed by atoms with van der Waals surface area (Å²) in [7, 11) is 0. The van der Waals surface area contributed by atoms with Gasteiger partial charge in [-0.05, 0) is 18.4 Å². The third-order valence-electron chi connectivity index (χ3n) is 3.17. The van der Waals surface area contributed by atoms with Crippen molar-refractivity contribution >= 4 is 11.3 Å². The maximum absolute atomic E-state index is 5.96. The quantitative estimate of drug-likeness (QED) is 0.891. The van der Waals surface area contributed by atoms with Gasteiger partial charge in [-0.3, -0.25) is 0 Å². The second-order valence-electron chi connectivity index (χ2n) is 4.55. The summed E-state index contributed by atoms with van der Waals surface area (Å²) in [4.78, 5) is 4.66. The number of aromatic nitrogens is 1. The van der Waals surface area contributed by atoms with E-state index in [1.807, 2.05) is 0 Å². The van der Waals surface area contributed by atoms with Crippen LogP contribution in [-0.4, -0.2) is 11.0 Å². The average molecular weight is 260 g/mol. The van der Waals surface area contributed by atoms with E-state index in [9.17, 15) is 0 Å². The van der Waals surface area contributed by atoms with Gasteiger partial charge < -0.3 is 5.73 Å². The van der Waals surface area contributed by atoms with Gasteiger partial charge in [0.1, 0.15) is 0 Å². The molecule has 0 saturated heterocycles. The van der Waals surface area contributed by atoms with Crippen molar-refractivity contribution in [2.24, 2.45) is 5.73 Å². The zero-order valence-corrected chi connectivity index (χ0v) is 11.8. The molecule has 0 aliphatic heterocycles. The van der Waals surface area contributed by atoms with Crippen LogP contribution in [0, 0.1) is 0 Å². The number of hydrogen-bond donors (Lipinski definition) is 1. The van der Waals surface area contributed by atoms with E-state index in [2.05, 4.69) is 48.5 Å². The van der Waals surface area contributed by atoms with Crippen LogP contribution in [0.15, 0.2) is 29.6 Å². The van der Waals surface area contributed by atoms with Gasteiger partial charge in [0.05, 0.1) is 10.7 Å². The number of nitrogens with zero attached hydrogens (tertiary/aromatic N) is 1. The van der Waals surface area contributed by atoms with Crippen molar-refractivity contribution < 1.29 is 0 Å². The first-order valence-electron chi connectivity index (χ1n) is 6.52. The van der Waals surface area contributed by atoms with Gasteiger partial charge in [-0.25, -0.2) is 4.98 Å². The number of rotatable bonds is 5. The van der Waals surface area contributed by atoms with E-state index in [4.69, 9.17) is 5.73 Å². The van der Waals surface area contributed by atoms with Crippen molar-refractivity contribution in [3.63, 3.8) is 0 Å². The van der Waals surface area contributed by atoms with Gasteiger partial charge in [-0.2, -0.15) is 0 Å². The monoisotopic (exact) mass is 260 g/mol. The standard InChI is InChI=1S/C15H20N2S/c1-3-11-5-7-12(8-6-11)14-10-18-15(17-14)9-13(16)4-2/h5-8,10,13H,3-4,9,16H2,1-2H3. The second kappa shape index (κ2) is 6.12. The Morgan fingerprint density at radius 3 is 2.56 bits per heavy atom. The summed E-state index contributed by atoms with van der Waals surface area (Å²) in [6.07, 6.45) is 2.96. The van der Waals surface area contributed by atoms with Crippen LogP contribution < -0.4 is 5.73 Å². The summed E-state index contributed by atoms with van der Waals surface area (Å²) in [6, 6.07) is 8.87. The molecule has 2 rings (SSSR count). The Bertz CT molecular complexity index is 487. The van der Waals surface area contributed by atoms with E-state index in [-0.39, 0.29) is 6.04 Å². The maximum Gasteiger partial charge on any atom is 0.0948 e. The van der Waals surface area contributed by atoms with Crippen molar-refractivity contribution in [2.75, 3.05) is 0 Å². The molecule has 3 heteroatoms. The van der Waals surface area contributed by atoms with Crippen LogP contribution in [0.2, 0.25) is 0 Å². The largest absolute Gasteiger partial charge is 0.327 e. The summed E-state index contributed by atoms with van der Waals surface area (Å²) in [5, 5.41) is 3.26. The third kappa shape index (κ3) is 3.18. The van der Waals surface area contributed by atoms with E-state index in [1.165, 1.54) is 11.1 Å². The summed E-state index contributed by atoms with van der Waals surface area (Å²) in [5.41, 5.74) is 9.59. The van der Waals surface area contributed by atoms with Crippen LogP contribution in [0.25, 0.3) is 11.3 Å². The van der Waals surface area contributed by atoms with Crippen LogP contribution in [0.3, 0.4) is 0 Å². The van der Waals surface area contributed by atoms with Gasteiger partial charge in [0.2, 0.25) is 0 Å². The van der Waals surface area contributed by atoms with Crippen LogP contribution in [0.5, 0.6) is 0 Å². The molecule has 0 amide bonds. The van der Waals surface area contributed by atoms with Gasteiger partial charge in [0.15, 0.2) is 0 Å². The number of aryl methyl sites for hydroxylation is 1. The summed E-state index contributed by atoms with van der Waals surface area (Å²) >= 11 is 1.71. The van der Waals surface area contributed by atoms with Gasteiger partial charge in [0.25, 0.3) is 0 Å². The molecule has 0 fully saturated rings. The van der Waals surface area contributed by atoms with E-state index in [0.717, 1.165) is 30.0 Å². The Labute approximate surface area is 113 Å². The normalized spacial score (nSPS) is 12.6. The molecule has 0 saturated carbocycles. The highest BCUT2D eigenvalue weighted by molar-refractivity contribution is 7.09. The molecular weight excluding hydrogens is 240 g/mol. The average Bonchev–Trinajstić information content (AvgIpc) is 2.87. The van der Waals surface area contributed by atoms with Crippen molar-refractivity contribution in [2.45, 2.75) is 39.2 Å². The first-order chi connectivity index (χ1) is 8.72. The smallest absolute Gasteiger partial charge is 0.0948 e. The third-order valence-corrected chi connectivity index (χ3v) is 4.04. The van der Waals surface area contributed by atoms with Crippen molar-refractivity contribution in [1.29, 1.82) is 0 Å². The molecule has 2 N–H and O–H groups in total. The molecule has 1 unspecified atom stereocenters. The molecule has 1 atom stereocenters. The molecule has 0 radical (unpaired) electrons. The zero-order valence-electron chi connectivity index (χ0n) is 11.0. The van der Waals surface area contributed by atoms with E-state index < -0.39 is 0 Å². The highest BCUT2D eigenvalue weighted by Crippen LogP contribution is 2.23. The molecule has 1 aromatic carbocycles. The van der Waals surface area contributed by atoms with Crippen molar-refractivity contribution in [3.8, 4) is 11.3 Å². The number of thiazole rings is 1. The molecule has 0 bridgehead atoms. The Balaban J connectivity index is 2.13. The topological polar surface area (TPSA) is 38.9 Å². The van der Waals surface area contributed by atoms with E-state index in [0.29, 0.717) is 0 Å². The lowest BCUT2D eigenvalue weighted by Crippen LogP contribution is -2.21. The molecule has 0 aliphatic carbocycles. The van der Waals surface area contributed by atoms with Crippen LogP contribution in [0.4, 0.5) is 0 Å². The predicted molar refractivity (Wildman–Crippen MR) is 78.9 cm³/mol. The zero-order chi connectivity index (χ0) is 13.0. The molecular formula is C15H20N2S. The number of hydrogen-bond acceptors (Lipinski definition) is 3. The maximum atomic E-state index is 5.96. The summed E-state index contributed by atoms with van der Waals surface area (Å²) in [5.74, 6) is 0. The lowest BCUT2D eigenvalue weighted by molar-refractivity contribution is 0.644. The Hall–Kier alpha value is -1.19. The van der Waals surface area contributed by atoms with Gasteiger partial charge in [-0.15, -0.1) is 11.3 Å². The number of nitrogens with two attached hydrogens (primary N) is 1. The minimum Gasteiger partial charge on any atom is -0.327 e. The molecule has 0 aliphatic rings. The second-order valence-corrected chi connectivity index (χ2v) is 5.49. The minimum atomic E-state index is 0.228. The fraction of sp³-hybridized carbons (Fsp3) is 0.400. The predicted octanol–water partition coefficient (Wildman–Crippen LogP) is 3.65. The number of benzene rings is 1. The first kappa shape index (κ1) is 13.2. The SMILES string of the molecule is CCc1ccc(-c2csc(CC(N)CC)n2)cc1. The van der Waals surface area contributed by atoms with Crippen molar-refractivity contribution in [1.82, 2.24) is 4.98 Å².